The van der Waals surface area contributed by atoms with E-state index in [0.717, 1.165) is 0 Å². The predicted octanol–water partition coefficient (Wildman–Crippen LogP) is -1.11. The molecule has 2 aliphatic rings. The molecule has 2 fully saturated rings. The van der Waals surface area contributed by atoms with Gasteiger partial charge in [0.1, 0.15) is 6.04 Å². The summed E-state index contributed by atoms with van der Waals surface area (Å²) in [6, 6.07) is -0.671. The lowest BCUT2D eigenvalue weighted by atomic mass is 9.96. The van der Waals surface area contributed by atoms with Gasteiger partial charge in [0.05, 0.1) is 6.10 Å². The third-order valence-corrected chi connectivity index (χ3v) is 3.39. The van der Waals surface area contributed by atoms with E-state index in [2.05, 4.69) is 0 Å². The van der Waals surface area contributed by atoms with Gasteiger partial charge in [-0.05, 0) is 12.8 Å². The molecule has 3 N–H and O–H groups in total. The van der Waals surface area contributed by atoms with E-state index in [1.807, 2.05) is 4.90 Å². The molecule has 5 nitrogen and oxygen atoms in total. The fourth-order valence-corrected chi connectivity index (χ4v) is 2.76. The first-order chi connectivity index (χ1) is 6.65. The maximum atomic E-state index is 10.9. The highest BCUT2D eigenvalue weighted by atomic mass is 16.4. The van der Waals surface area contributed by atoms with Crippen molar-refractivity contribution in [2.45, 2.75) is 31.0 Å². The molecule has 0 aliphatic carbocycles. The Hall–Kier alpha value is -0.650. The minimum Gasteiger partial charge on any atom is -0.480 e. The summed E-state index contributed by atoms with van der Waals surface area (Å²) >= 11 is 0. The Kier molecular flexibility index (Phi) is 2.47. The minimum absolute atomic E-state index is 0.0397. The lowest BCUT2D eigenvalue weighted by Crippen LogP contribution is -2.40. The van der Waals surface area contributed by atoms with Gasteiger partial charge in [-0.1, -0.05) is 0 Å². The van der Waals surface area contributed by atoms with Crippen molar-refractivity contribution in [1.82, 2.24) is 4.90 Å². The van der Waals surface area contributed by atoms with Gasteiger partial charge < -0.3 is 15.3 Å². The monoisotopic (exact) mass is 201 g/mol. The Morgan fingerprint density at radius 1 is 1.50 bits per heavy atom. The highest BCUT2D eigenvalue weighted by Gasteiger charge is 2.50. The summed E-state index contributed by atoms with van der Waals surface area (Å²) in [5.74, 6) is -0.936. The smallest absolute Gasteiger partial charge is 0.320 e. The first kappa shape index (κ1) is 9.89. The van der Waals surface area contributed by atoms with Crippen LogP contribution in [0.3, 0.4) is 0 Å². The number of hydrogen-bond acceptors (Lipinski definition) is 4. The van der Waals surface area contributed by atoms with Crippen molar-refractivity contribution >= 4 is 5.97 Å². The number of aliphatic hydroxyl groups excluding tert-OH is 2. The van der Waals surface area contributed by atoms with Crippen LogP contribution in [0.1, 0.15) is 12.8 Å². The summed E-state index contributed by atoms with van der Waals surface area (Å²) in [5, 5.41) is 27.7. The van der Waals surface area contributed by atoms with Gasteiger partial charge in [0.15, 0.2) is 0 Å². The average Bonchev–Trinajstić information content (AvgIpc) is 2.66. The van der Waals surface area contributed by atoms with Gasteiger partial charge in [0.25, 0.3) is 0 Å². The molecule has 0 aromatic rings. The number of carbonyl (C=O) groups is 1. The zero-order valence-corrected chi connectivity index (χ0v) is 7.83. The van der Waals surface area contributed by atoms with Gasteiger partial charge in [0, 0.05) is 25.1 Å². The first-order valence-electron chi connectivity index (χ1n) is 4.92. The lowest BCUT2D eigenvalue weighted by Gasteiger charge is -2.23. The van der Waals surface area contributed by atoms with Crippen molar-refractivity contribution in [3.63, 3.8) is 0 Å². The van der Waals surface area contributed by atoms with E-state index in [0.29, 0.717) is 19.4 Å². The fourth-order valence-electron chi connectivity index (χ4n) is 2.76. The molecular formula is C9H15NO4. The Bertz CT molecular complexity index is 245. The van der Waals surface area contributed by atoms with E-state index in [4.69, 9.17) is 10.2 Å². The van der Waals surface area contributed by atoms with Gasteiger partial charge in [0.2, 0.25) is 0 Å². The van der Waals surface area contributed by atoms with Crippen molar-refractivity contribution in [1.29, 1.82) is 0 Å². The third kappa shape index (κ3) is 1.32. The Balaban J connectivity index is 2.17. The molecule has 2 rings (SSSR count). The van der Waals surface area contributed by atoms with Gasteiger partial charge in [-0.3, -0.25) is 9.69 Å². The standard InChI is InChI=1S/C9H15NO4/c11-4-5-3-6(9(13)14)10-2-1-7(12)8(5)10/h5-8,11-12H,1-4H2,(H,13,14)/t5-,6-,7-,8-/m0/s1. The van der Waals surface area contributed by atoms with Gasteiger partial charge in [-0.2, -0.15) is 0 Å². The average molecular weight is 201 g/mol. The normalized spacial score (nSPS) is 42.7. The molecule has 0 aromatic heterocycles. The molecular weight excluding hydrogens is 186 g/mol. The molecule has 0 radical (unpaired) electrons. The van der Waals surface area contributed by atoms with Crippen LogP contribution in [0.2, 0.25) is 0 Å². The van der Waals surface area contributed by atoms with Crippen LogP contribution in [0.15, 0.2) is 0 Å². The van der Waals surface area contributed by atoms with E-state index in [1.165, 1.54) is 0 Å². The molecule has 0 saturated carbocycles. The van der Waals surface area contributed by atoms with Crippen molar-refractivity contribution in [3.05, 3.63) is 0 Å². The highest BCUT2D eigenvalue weighted by Crippen LogP contribution is 2.37. The van der Waals surface area contributed by atoms with Gasteiger partial charge in [-0.25, -0.2) is 0 Å². The topological polar surface area (TPSA) is 81.0 Å². The molecule has 2 saturated heterocycles. The van der Waals surface area contributed by atoms with Crippen LogP contribution in [0, 0.1) is 5.92 Å². The molecule has 4 atom stereocenters. The molecule has 0 amide bonds. The van der Waals surface area contributed by atoms with Gasteiger partial charge in [-0.15, -0.1) is 0 Å². The zero-order valence-electron chi connectivity index (χ0n) is 7.83. The number of fused-ring (bicyclic) bond motifs is 1. The molecule has 14 heavy (non-hydrogen) atoms. The van der Waals surface area contributed by atoms with E-state index >= 15 is 0 Å². The van der Waals surface area contributed by atoms with Crippen LogP contribution in [-0.2, 0) is 4.79 Å². The summed E-state index contributed by atoms with van der Waals surface area (Å²) in [4.78, 5) is 12.7. The number of hydrogen-bond donors (Lipinski definition) is 3. The number of rotatable bonds is 2. The molecule has 5 heteroatoms. The summed E-state index contributed by atoms with van der Waals surface area (Å²) in [5.41, 5.74) is 0. The second kappa shape index (κ2) is 3.49. The largest absolute Gasteiger partial charge is 0.480 e. The summed E-state index contributed by atoms with van der Waals surface area (Å²) in [7, 11) is 0. The van der Waals surface area contributed by atoms with Gasteiger partial charge >= 0.3 is 5.97 Å². The van der Waals surface area contributed by atoms with E-state index in [1.54, 1.807) is 0 Å². The number of carboxylic acid groups (broad SMARTS) is 1. The molecule has 2 heterocycles. The zero-order chi connectivity index (χ0) is 10.3. The second-order valence-electron chi connectivity index (χ2n) is 4.12. The number of aliphatic hydroxyl groups is 2. The van der Waals surface area contributed by atoms with E-state index in [-0.39, 0.29) is 18.6 Å². The second-order valence-corrected chi connectivity index (χ2v) is 4.12. The third-order valence-electron chi connectivity index (χ3n) is 3.39. The number of aliphatic carboxylic acids is 1. The summed E-state index contributed by atoms with van der Waals surface area (Å²) < 4.78 is 0. The SMILES string of the molecule is O=C(O)[C@@H]1C[C@@H](CO)[C@H]2[C@@H](O)CCN21. The molecule has 0 unspecified atom stereocenters. The van der Waals surface area contributed by atoms with Crippen molar-refractivity contribution in [3.8, 4) is 0 Å². The maximum absolute atomic E-state index is 10.9. The Labute approximate surface area is 82.0 Å². The molecule has 2 aliphatic heterocycles. The molecule has 80 valence electrons. The van der Waals surface area contributed by atoms with Crippen LogP contribution in [0.5, 0.6) is 0 Å². The molecule has 0 aromatic carbocycles. The quantitative estimate of drug-likeness (QED) is 0.527. The summed E-state index contributed by atoms with van der Waals surface area (Å²) in [6.07, 6.45) is 0.592. The Morgan fingerprint density at radius 3 is 2.79 bits per heavy atom. The van der Waals surface area contributed by atoms with Crippen LogP contribution >= 0.6 is 0 Å². The van der Waals surface area contributed by atoms with Crippen LogP contribution in [0.25, 0.3) is 0 Å². The summed E-state index contributed by atoms with van der Waals surface area (Å²) in [6.45, 7) is 0.585. The van der Waals surface area contributed by atoms with Crippen molar-refractivity contribution < 1.29 is 20.1 Å². The van der Waals surface area contributed by atoms with Crippen LogP contribution in [-0.4, -0.2) is 57.5 Å². The molecule has 0 spiro atoms. The maximum Gasteiger partial charge on any atom is 0.320 e. The Morgan fingerprint density at radius 2 is 2.21 bits per heavy atom. The van der Waals surface area contributed by atoms with Crippen LogP contribution < -0.4 is 0 Å². The van der Waals surface area contributed by atoms with Crippen molar-refractivity contribution in [2.75, 3.05) is 13.2 Å². The fraction of sp³-hybridized carbons (Fsp3) is 0.889. The van der Waals surface area contributed by atoms with Crippen molar-refractivity contribution in [2.24, 2.45) is 5.92 Å². The molecule has 0 bridgehead atoms. The number of nitrogens with zero attached hydrogens (tertiary/aromatic N) is 1. The minimum atomic E-state index is -0.847. The van der Waals surface area contributed by atoms with E-state index in [9.17, 15) is 9.90 Å². The number of carboxylic acids is 1. The first-order valence-corrected chi connectivity index (χ1v) is 4.92. The highest BCUT2D eigenvalue weighted by molar-refractivity contribution is 5.74. The lowest BCUT2D eigenvalue weighted by molar-refractivity contribution is -0.142. The van der Waals surface area contributed by atoms with E-state index < -0.39 is 18.1 Å². The van der Waals surface area contributed by atoms with Crippen LogP contribution in [0.4, 0.5) is 0 Å². The predicted molar refractivity (Wildman–Crippen MR) is 47.7 cm³/mol.